The molecule has 2 aliphatic rings. The van der Waals surface area contributed by atoms with Gasteiger partial charge < -0.3 is 8.92 Å². The molecule has 0 N–H and O–H groups in total. The molecule has 2 rings (SSSR count). The van der Waals surface area contributed by atoms with E-state index in [0.717, 1.165) is 12.8 Å². The zero-order chi connectivity index (χ0) is 14.3. The van der Waals surface area contributed by atoms with Crippen LogP contribution >= 0.6 is 0 Å². The number of ether oxygens (including phenoxy) is 1. The Kier molecular flexibility index (Phi) is 3.50. The van der Waals surface area contributed by atoms with Gasteiger partial charge in [-0.3, -0.25) is 0 Å². The molecule has 5 nitrogen and oxygen atoms in total. The maximum absolute atomic E-state index is 12.1. The molecule has 2 fully saturated rings. The molecule has 0 radical (unpaired) electrons. The van der Waals surface area contributed by atoms with Gasteiger partial charge in [0.05, 0.1) is 5.57 Å². The Morgan fingerprint density at radius 3 is 2.53 bits per heavy atom. The van der Waals surface area contributed by atoms with Crippen molar-refractivity contribution in [3.05, 3.63) is 11.8 Å². The minimum absolute atomic E-state index is 0.141. The minimum atomic E-state index is -5.73. The highest BCUT2D eigenvalue weighted by molar-refractivity contribution is 7.87. The molecule has 9 heteroatoms. The van der Waals surface area contributed by atoms with E-state index in [1.807, 2.05) is 0 Å². The highest BCUT2D eigenvalue weighted by Crippen LogP contribution is 2.38. The SMILES string of the molecule is O=C1OC2CCCCC2C1=COS(=O)(=O)C(F)(F)F. The number of carbonyl (C=O) groups is 1. The Bertz CT molecular complexity index is 508. The van der Waals surface area contributed by atoms with Crippen LogP contribution in [0, 0.1) is 5.92 Å². The molecule has 108 valence electrons. The Labute approximate surface area is 107 Å². The van der Waals surface area contributed by atoms with Crippen LogP contribution in [0.25, 0.3) is 0 Å². The van der Waals surface area contributed by atoms with Crippen LogP contribution in [0.4, 0.5) is 13.2 Å². The quantitative estimate of drug-likeness (QED) is 0.256. The normalized spacial score (nSPS) is 30.1. The zero-order valence-electron chi connectivity index (χ0n) is 9.64. The Hall–Kier alpha value is -1.25. The smallest absolute Gasteiger partial charge is 0.458 e. The van der Waals surface area contributed by atoms with E-state index in [-0.39, 0.29) is 17.6 Å². The molecule has 0 spiro atoms. The predicted molar refractivity (Wildman–Crippen MR) is 56.0 cm³/mol. The van der Waals surface area contributed by atoms with E-state index < -0.39 is 21.6 Å². The van der Waals surface area contributed by atoms with Gasteiger partial charge in [0.1, 0.15) is 12.4 Å². The maximum atomic E-state index is 12.1. The van der Waals surface area contributed by atoms with Crippen LogP contribution in [-0.4, -0.2) is 26.0 Å². The largest absolute Gasteiger partial charge is 0.534 e. The molecule has 0 amide bonds. The molecular formula is C10H11F3O5S. The first-order chi connectivity index (χ1) is 8.72. The minimum Gasteiger partial charge on any atom is -0.458 e. The molecule has 2 atom stereocenters. The van der Waals surface area contributed by atoms with Gasteiger partial charge in [-0.1, -0.05) is 6.42 Å². The molecule has 1 aliphatic heterocycles. The summed E-state index contributed by atoms with van der Waals surface area (Å²) in [7, 11) is -5.73. The molecule has 0 aromatic rings. The fourth-order valence-electron chi connectivity index (χ4n) is 2.26. The molecule has 1 aliphatic carbocycles. The van der Waals surface area contributed by atoms with Gasteiger partial charge in [0.25, 0.3) is 0 Å². The summed E-state index contributed by atoms with van der Waals surface area (Å²) < 4.78 is 66.4. The Balaban J connectivity index is 2.17. The molecule has 2 unspecified atom stereocenters. The van der Waals surface area contributed by atoms with E-state index in [1.54, 1.807) is 0 Å². The first-order valence-corrected chi connectivity index (χ1v) is 7.04. The van der Waals surface area contributed by atoms with Crippen molar-refractivity contribution in [2.45, 2.75) is 37.3 Å². The third kappa shape index (κ3) is 2.70. The highest BCUT2D eigenvalue weighted by Gasteiger charge is 2.49. The summed E-state index contributed by atoms with van der Waals surface area (Å²) in [4.78, 5) is 11.5. The molecule has 0 bridgehead atoms. The van der Waals surface area contributed by atoms with Crippen LogP contribution in [0.5, 0.6) is 0 Å². The second kappa shape index (κ2) is 4.69. The third-order valence-corrected chi connectivity index (χ3v) is 4.10. The van der Waals surface area contributed by atoms with Crippen molar-refractivity contribution in [3.8, 4) is 0 Å². The van der Waals surface area contributed by atoms with Crippen molar-refractivity contribution >= 4 is 16.1 Å². The lowest BCUT2D eigenvalue weighted by molar-refractivity contribution is -0.139. The zero-order valence-corrected chi connectivity index (χ0v) is 10.5. The summed E-state index contributed by atoms with van der Waals surface area (Å²) in [5.41, 5.74) is -5.66. The van der Waals surface area contributed by atoms with Crippen LogP contribution in [0.1, 0.15) is 25.7 Å². The van der Waals surface area contributed by atoms with Gasteiger partial charge in [-0.05, 0) is 19.3 Å². The van der Waals surface area contributed by atoms with Crippen LogP contribution in [0.15, 0.2) is 11.8 Å². The predicted octanol–water partition coefficient (Wildman–Crippen LogP) is 1.85. The van der Waals surface area contributed by atoms with Gasteiger partial charge >= 0.3 is 21.6 Å². The average molecular weight is 300 g/mol. The summed E-state index contributed by atoms with van der Waals surface area (Å²) in [6.07, 6.45) is 2.84. The number of alkyl halides is 3. The van der Waals surface area contributed by atoms with Crippen molar-refractivity contribution in [3.63, 3.8) is 0 Å². The summed E-state index contributed by atoms with van der Waals surface area (Å²) in [6, 6.07) is 0. The lowest BCUT2D eigenvalue weighted by Crippen LogP contribution is -2.24. The van der Waals surface area contributed by atoms with E-state index >= 15 is 0 Å². The number of halogens is 3. The lowest BCUT2D eigenvalue weighted by atomic mass is 9.84. The summed E-state index contributed by atoms with van der Waals surface area (Å²) in [5, 5.41) is 0. The summed E-state index contributed by atoms with van der Waals surface area (Å²) >= 11 is 0. The van der Waals surface area contributed by atoms with Crippen LogP contribution in [-0.2, 0) is 23.8 Å². The molecule has 1 heterocycles. The van der Waals surface area contributed by atoms with Crippen molar-refractivity contribution < 1.29 is 35.3 Å². The number of esters is 1. The number of rotatable bonds is 2. The second-order valence-corrected chi connectivity index (χ2v) is 5.97. The number of hydrogen-bond donors (Lipinski definition) is 0. The van der Waals surface area contributed by atoms with E-state index in [0.29, 0.717) is 19.1 Å². The van der Waals surface area contributed by atoms with Gasteiger partial charge in [0.15, 0.2) is 0 Å². The number of hydrogen-bond acceptors (Lipinski definition) is 5. The van der Waals surface area contributed by atoms with Gasteiger partial charge in [-0.15, -0.1) is 0 Å². The van der Waals surface area contributed by atoms with Crippen molar-refractivity contribution in [2.75, 3.05) is 0 Å². The van der Waals surface area contributed by atoms with Crippen LogP contribution < -0.4 is 0 Å². The summed E-state index contributed by atoms with van der Waals surface area (Å²) in [5.74, 6) is -1.20. The Morgan fingerprint density at radius 2 is 1.89 bits per heavy atom. The highest BCUT2D eigenvalue weighted by atomic mass is 32.2. The first-order valence-electron chi connectivity index (χ1n) is 5.63. The number of fused-ring (bicyclic) bond motifs is 1. The van der Waals surface area contributed by atoms with Crippen molar-refractivity contribution in [2.24, 2.45) is 5.92 Å². The van der Waals surface area contributed by atoms with E-state index in [4.69, 9.17) is 4.74 Å². The van der Waals surface area contributed by atoms with Crippen molar-refractivity contribution in [1.82, 2.24) is 0 Å². The summed E-state index contributed by atoms with van der Waals surface area (Å²) in [6.45, 7) is 0. The van der Waals surface area contributed by atoms with Gasteiger partial charge in [0, 0.05) is 5.92 Å². The fraction of sp³-hybridized carbons (Fsp3) is 0.700. The molecule has 1 saturated heterocycles. The molecular weight excluding hydrogens is 289 g/mol. The van der Waals surface area contributed by atoms with Gasteiger partial charge in [0.2, 0.25) is 0 Å². The first kappa shape index (κ1) is 14.2. The van der Waals surface area contributed by atoms with Gasteiger partial charge in [-0.2, -0.15) is 21.6 Å². The Morgan fingerprint density at radius 1 is 1.26 bits per heavy atom. The molecule has 0 aromatic carbocycles. The molecule has 19 heavy (non-hydrogen) atoms. The van der Waals surface area contributed by atoms with Gasteiger partial charge in [-0.25, -0.2) is 4.79 Å². The van der Waals surface area contributed by atoms with E-state index in [1.165, 1.54) is 0 Å². The van der Waals surface area contributed by atoms with Crippen molar-refractivity contribution in [1.29, 1.82) is 0 Å². The third-order valence-electron chi connectivity index (χ3n) is 3.18. The molecule has 0 aromatic heterocycles. The van der Waals surface area contributed by atoms with Crippen LogP contribution in [0.3, 0.4) is 0 Å². The average Bonchev–Trinajstić information content (AvgIpc) is 2.60. The lowest BCUT2D eigenvalue weighted by Gasteiger charge is -2.22. The topological polar surface area (TPSA) is 69.7 Å². The fourth-order valence-corrected chi connectivity index (χ4v) is 2.60. The maximum Gasteiger partial charge on any atom is 0.534 e. The standard InChI is InChI=1S/C10H11F3O5S/c11-10(12,13)19(15,16)17-5-7-6-3-1-2-4-8(6)18-9(7)14/h5-6,8H,1-4H2. The van der Waals surface area contributed by atoms with E-state index in [9.17, 15) is 26.4 Å². The van der Waals surface area contributed by atoms with E-state index in [2.05, 4.69) is 4.18 Å². The second-order valence-electron chi connectivity index (χ2n) is 4.40. The monoisotopic (exact) mass is 300 g/mol. The van der Waals surface area contributed by atoms with Crippen LogP contribution in [0.2, 0.25) is 0 Å². The number of carbonyl (C=O) groups excluding carboxylic acids is 1. The molecule has 1 saturated carbocycles.